The Kier molecular flexibility index (Phi) is 3.11. The minimum atomic E-state index is -3.72. The second-order valence-electron chi connectivity index (χ2n) is 4.50. The van der Waals surface area contributed by atoms with Crippen LogP contribution in [-0.4, -0.2) is 25.7 Å². The lowest BCUT2D eigenvalue weighted by molar-refractivity contribution is -0.140. The molecule has 1 aromatic carbocycles. The van der Waals surface area contributed by atoms with Gasteiger partial charge in [-0.25, -0.2) is 13.3 Å². The molecule has 100 valence electrons. The van der Waals surface area contributed by atoms with Crippen molar-refractivity contribution in [2.45, 2.75) is 16.1 Å². The molecular weight excluding hydrogens is 286 g/mol. The number of hydrogen-bond acceptors (Lipinski definition) is 4. The van der Waals surface area contributed by atoms with Crippen LogP contribution in [0.3, 0.4) is 0 Å². The monoisotopic (exact) mass is 297 g/mol. The van der Waals surface area contributed by atoms with Gasteiger partial charge in [0.1, 0.15) is 0 Å². The first kappa shape index (κ1) is 13.9. The van der Waals surface area contributed by atoms with Crippen molar-refractivity contribution in [1.82, 2.24) is 0 Å². The minimum Gasteiger partial charge on any atom is -0.464 e. The molecule has 0 amide bonds. The van der Waals surface area contributed by atoms with Gasteiger partial charge in [-0.15, -0.1) is 0 Å². The van der Waals surface area contributed by atoms with Crippen LogP contribution in [0.5, 0.6) is 0 Å². The van der Waals surface area contributed by atoms with Crippen LogP contribution in [0.1, 0.15) is 6.42 Å². The zero-order valence-corrected chi connectivity index (χ0v) is 11.6. The molecule has 7 heteroatoms. The van der Waals surface area contributed by atoms with Crippen LogP contribution in [0.2, 0.25) is 0 Å². The number of hydrogen-bond donors (Lipinski definition) is 0. The molecule has 0 unspecified atom stereocenters. The van der Waals surface area contributed by atoms with Crippen molar-refractivity contribution in [3.8, 4) is 0 Å². The number of rotatable bonds is 2. The Labute approximate surface area is 117 Å². The van der Waals surface area contributed by atoms with E-state index in [0.29, 0.717) is 12.1 Å². The van der Waals surface area contributed by atoms with Gasteiger partial charge < -0.3 is 4.74 Å². The predicted molar refractivity (Wildman–Crippen MR) is 72.1 cm³/mol. The van der Waals surface area contributed by atoms with Crippen molar-refractivity contribution in [3.05, 3.63) is 35.7 Å². The summed E-state index contributed by atoms with van der Waals surface area (Å²) in [6, 6.07) is 5.62. The standard InChI is InChI=1S/C12H9NO4S.H2S/c1-13-9-2-4-10(5-3-9)18(15,16)12-6-8(12)7-17-11(12)14;/h2-5,8H,6-7H2;1H2/t8-,12+;/m0./s1. The predicted octanol–water partition coefficient (Wildman–Crippen LogP) is 1.44. The summed E-state index contributed by atoms with van der Waals surface area (Å²) >= 11 is 0. The van der Waals surface area contributed by atoms with E-state index < -0.39 is 20.6 Å². The maximum atomic E-state index is 12.4. The molecule has 0 N–H and O–H groups in total. The molecule has 2 fully saturated rings. The average Bonchev–Trinajstić information content (AvgIpc) is 3.05. The van der Waals surface area contributed by atoms with Gasteiger partial charge in [0.2, 0.25) is 0 Å². The van der Waals surface area contributed by atoms with Crippen molar-refractivity contribution in [3.63, 3.8) is 0 Å². The molecule has 19 heavy (non-hydrogen) atoms. The Morgan fingerprint density at radius 3 is 2.37 bits per heavy atom. The summed E-state index contributed by atoms with van der Waals surface area (Å²) in [5, 5.41) is 0. The van der Waals surface area contributed by atoms with Crippen LogP contribution in [-0.2, 0) is 19.4 Å². The summed E-state index contributed by atoms with van der Waals surface area (Å²) in [5.74, 6) is -0.850. The van der Waals surface area contributed by atoms with Gasteiger partial charge in [-0.1, -0.05) is 24.3 Å². The van der Waals surface area contributed by atoms with Crippen molar-refractivity contribution >= 4 is 35.0 Å². The number of ether oxygens (including phenoxy) is 1. The first-order valence-corrected chi connectivity index (χ1v) is 6.90. The van der Waals surface area contributed by atoms with Crippen molar-refractivity contribution in [2.75, 3.05) is 6.61 Å². The molecule has 0 bridgehead atoms. The van der Waals surface area contributed by atoms with E-state index in [0.717, 1.165) is 0 Å². The van der Waals surface area contributed by atoms with Gasteiger partial charge in [0.05, 0.1) is 18.1 Å². The second kappa shape index (κ2) is 4.25. The Morgan fingerprint density at radius 1 is 1.32 bits per heavy atom. The number of nitrogens with zero attached hydrogens (tertiary/aromatic N) is 1. The number of benzene rings is 1. The van der Waals surface area contributed by atoms with E-state index in [-0.39, 0.29) is 30.9 Å². The highest BCUT2D eigenvalue weighted by Gasteiger charge is 2.74. The summed E-state index contributed by atoms with van der Waals surface area (Å²) in [6.45, 7) is 7.01. The molecule has 1 aromatic rings. The lowest BCUT2D eigenvalue weighted by atomic mass is 10.3. The minimum absolute atomic E-state index is 0. The van der Waals surface area contributed by atoms with Gasteiger partial charge in [-0.05, 0) is 6.42 Å². The van der Waals surface area contributed by atoms with Crippen LogP contribution in [0.25, 0.3) is 4.85 Å². The molecule has 0 spiro atoms. The van der Waals surface area contributed by atoms with Gasteiger partial charge >= 0.3 is 5.97 Å². The maximum Gasteiger partial charge on any atom is 0.328 e. The number of cyclic esters (lactones) is 1. The number of fused-ring (bicyclic) bond motifs is 1. The lowest BCUT2D eigenvalue weighted by Gasteiger charge is -2.11. The Balaban J connectivity index is 0.00000133. The molecule has 1 aliphatic carbocycles. The summed E-state index contributed by atoms with van der Waals surface area (Å²) < 4.78 is 28.3. The van der Waals surface area contributed by atoms with Crippen LogP contribution in [0.4, 0.5) is 5.69 Å². The zero-order chi connectivity index (χ0) is 13.0. The average molecular weight is 297 g/mol. The Bertz CT molecular complexity index is 675. The number of carbonyl (C=O) groups is 1. The number of esters is 1. The van der Waals surface area contributed by atoms with E-state index in [1.165, 1.54) is 24.3 Å². The third kappa shape index (κ3) is 1.67. The SMILES string of the molecule is S.[C-]#[N+]c1ccc(S(=O)(=O)[C@]23C[C@H]2COC3=O)cc1. The first-order valence-electron chi connectivity index (χ1n) is 5.42. The van der Waals surface area contributed by atoms with Gasteiger partial charge in [0.15, 0.2) is 20.3 Å². The zero-order valence-electron chi connectivity index (χ0n) is 9.79. The Hall–Kier alpha value is -1.52. The molecule has 0 radical (unpaired) electrons. The molecule has 1 heterocycles. The smallest absolute Gasteiger partial charge is 0.328 e. The summed E-state index contributed by atoms with van der Waals surface area (Å²) in [7, 11) is -3.72. The fourth-order valence-electron chi connectivity index (χ4n) is 2.40. The van der Waals surface area contributed by atoms with E-state index in [2.05, 4.69) is 4.85 Å². The van der Waals surface area contributed by atoms with E-state index in [4.69, 9.17) is 11.3 Å². The third-order valence-corrected chi connectivity index (χ3v) is 6.08. The van der Waals surface area contributed by atoms with Gasteiger partial charge in [0, 0.05) is 5.92 Å². The molecular formula is C12H11NO4S2. The molecule has 5 nitrogen and oxygen atoms in total. The molecule has 1 aliphatic heterocycles. The fourth-order valence-corrected chi connectivity index (χ4v) is 4.52. The largest absolute Gasteiger partial charge is 0.464 e. The quantitative estimate of drug-likeness (QED) is 0.612. The first-order chi connectivity index (χ1) is 8.52. The molecule has 0 aromatic heterocycles. The Morgan fingerprint density at radius 2 is 1.95 bits per heavy atom. The summed E-state index contributed by atoms with van der Waals surface area (Å²) in [4.78, 5) is 14.9. The van der Waals surface area contributed by atoms with Crippen molar-refractivity contribution in [2.24, 2.45) is 5.92 Å². The van der Waals surface area contributed by atoms with Gasteiger partial charge in [0.25, 0.3) is 0 Å². The topological polar surface area (TPSA) is 64.8 Å². The van der Waals surface area contributed by atoms with Gasteiger partial charge in [-0.2, -0.15) is 13.5 Å². The summed E-state index contributed by atoms with van der Waals surface area (Å²) in [5.41, 5.74) is 0.368. The third-order valence-electron chi connectivity index (χ3n) is 3.57. The normalized spacial score (nSPS) is 27.7. The van der Waals surface area contributed by atoms with E-state index in [9.17, 15) is 13.2 Å². The van der Waals surface area contributed by atoms with Crippen molar-refractivity contribution in [1.29, 1.82) is 0 Å². The highest BCUT2D eigenvalue weighted by Crippen LogP contribution is 2.57. The van der Waals surface area contributed by atoms with E-state index in [1.54, 1.807) is 0 Å². The molecule has 3 rings (SSSR count). The van der Waals surface area contributed by atoms with E-state index >= 15 is 0 Å². The van der Waals surface area contributed by atoms with Crippen LogP contribution < -0.4 is 0 Å². The highest BCUT2D eigenvalue weighted by atomic mass is 32.2. The van der Waals surface area contributed by atoms with Crippen molar-refractivity contribution < 1.29 is 17.9 Å². The van der Waals surface area contributed by atoms with Crippen LogP contribution in [0.15, 0.2) is 29.2 Å². The highest BCUT2D eigenvalue weighted by molar-refractivity contribution is 7.94. The maximum absolute atomic E-state index is 12.4. The molecule has 1 saturated heterocycles. The fraction of sp³-hybridized carbons (Fsp3) is 0.333. The lowest BCUT2D eigenvalue weighted by Crippen LogP contribution is -2.31. The molecule has 2 atom stereocenters. The van der Waals surface area contributed by atoms with E-state index in [1.807, 2.05) is 0 Å². The second-order valence-corrected chi connectivity index (χ2v) is 6.70. The van der Waals surface area contributed by atoms with Crippen LogP contribution in [0, 0.1) is 12.5 Å². The number of carbonyl (C=O) groups excluding carboxylic acids is 1. The molecule has 2 aliphatic rings. The van der Waals surface area contributed by atoms with Crippen LogP contribution >= 0.6 is 13.5 Å². The number of sulfone groups is 1. The van der Waals surface area contributed by atoms with Gasteiger partial charge in [-0.3, -0.25) is 4.79 Å². The summed E-state index contributed by atoms with van der Waals surface area (Å²) in [6.07, 6.45) is 0.346. The molecule has 1 saturated carbocycles.